The normalized spacial score (nSPS) is 11.9. The van der Waals surface area contributed by atoms with Crippen molar-refractivity contribution in [2.75, 3.05) is 5.73 Å². The number of nitrogens with zero attached hydrogens (tertiary/aromatic N) is 2. The molecule has 0 aliphatic rings. The van der Waals surface area contributed by atoms with E-state index in [-0.39, 0.29) is 22.4 Å². The molecule has 0 aliphatic heterocycles. The summed E-state index contributed by atoms with van der Waals surface area (Å²) < 4.78 is 43.6. The second-order valence-electron chi connectivity index (χ2n) is 6.49. The summed E-state index contributed by atoms with van der Waals surface area (Å²) in [5, 5.41) is -0.0483. The van der Waals surface area contributed by atoms with E-state index in [2.05, 4.69) is 4.98 Å². The van der Waals surface area contributed by atoms with Crippen molar-refractivity contribution in [3.05, 3.63) is 72.3 Å². The maximum absolute atomic E-state index is 13.9. The molecule has 2 aromatic carbocycles. The maximum atomic E-state index is 13.9. The number of benzene rings is 2. The van der Waals surface area contributed by atoms with Gasteiger partial charge in [-0.05, 0) is 13.0 Å². The lowest BCUT2D eigenvalue weighted by Gasteiger charge is -2.12. The van der Waals surface area contributed by atoms with Gasteiger partial charge < -0.3 is 10.3 Å². The molecule has 4 aromatic rings. The van der Waals surface area contributed by atoms with E-state index in [1.165, 1.54) is 0 Å². The van der Waals surface area contributed by atoms with Crippen LogP contribution in [0.25, 0.3) is 33.5 Å². The summed E-state index contributed by atoms with van der Waals surface area (Å²) in [6.45, 7) is 2.32. The van der Waals surface area contributed by atoms with Gasteiger partial charge in [-0.15, -0.1) is 0 Å². The van der Waals surface area contributed by atoms with Crippen LogP contribution in [0.3, 0.4) is 0 Å². The first-order chi connectivity index (χ1) is 13.4. The summed E-state index contributed by atoms with van der Waals surface area (Å²) in [5.41, 5.74) is 8.06. The molecule has 6 heteroatoms. The highest BCUT2D eigenvalue weighted by Gasteiger charge is 2.36. The first-order valence-electron chi connectivity index (χ1n) is 8.92. The lowest BCUT2D eigenvalue weighted by Crippen LogP contribution is -2.08. The molecule has 3 nitrogen and oxygen atoms in total. The number of aryl methyl sites for hydroxylation is 1. The molecule has 2 aromatic heterocycles. The van der Waals surface area contributed by atoms with Crippen molar-refractivity contribution in [2.45, 2.75) is 19.6 Å². The molecule has 2 N–H and O–H groups in total. The third-order valence-electron chi connectivity index (χ3n) is 4.79. The molecule has 0 saturated carbocycles. The predicted molar refractivity (Wildman–Crippen MR) is 106 cm³/mol. The quantitative estimate of drug-likeness (QED) is 0.474. The molecule has 0 radical (unpaired) electrons. The van der Waals surface area contributed by atoms with E-state index in [1.54, 1.807) is 28.8 Å². The Balaban J connectivity index is 2.12. The number of anilines is 1. The molecule has 0 unspecified atom stereocenters. The molecule has 142 valence electrons. The first kappa shape index (κ1) is 18.1. The van der Waals surface area contributed by atoms with Gasteiger partial charge >= 0.3 is 6.18 Å². The van der Waals surface area contributed by atoms with E-state index in [1.807, 2.05) is 43.3 Å². The Morgan fingerprint density at radius 1 is 0.929 bits per heavy atom. The summed E-state index contributed by atoms with van der Waals surface area (Å²) >= 11 is 0. The van der Waals surface area contributed by atoms with Gasteiger partial charge in [0.1, 0.15) is 5.65 Å². The summed E-state index contributed by atoms with van der Waals surface area (Å²) in [6.07, 6.45) is -4.55. The van der Waals surface area contributed by atoms with Crippen LogP contribution in [0, 0.1) is 0 Å². The predicted octanol–water partition coefficient (Wildman–Crippen LogP) is 5.99. The van der Waals surface area contributed by atoms with Gasteiger partial charge in [-0.25, -0.2) is 4.98 Å². The number of hydrogen-bond acceptors (Lipinski definition) is 2. The molecule has 0 atom stereocenters. The zero-order chi connectivity index (χ0) is 19.9. The Bertz CT molecular complexity index is 1130. The fourth-order valence-electron chi connectivity index (χ4n) is 3.56. The van der Waals surface area contributed by atoms with Gasteiger partial charge in [-0.2, -0.15) is 13.2 Å². The second kappa shape index (κ2) is 6.71. The number of aromatic nitrogens is 2. The number of hydrogen-bond donors (Lipinski definition) is 1. The second-order valence-corrected chi connectivity index (χ2v) is 6.49. The SMILES string of the molecule is CCn1c(-c2ccccc2)c(N)c2c(C(F)(F)F)cc(-c3ccccc3)nc21. The standard InChI is InChI=1S/C22H18F3N3/c1-2-28-20(15-11-7-4-8-12-15)19(26)18-16(22(23,24)25)13-17(27-21(18)28)14-9-5-3-6-10-14/h3-13H,2,26H2,1H3. The molecular formula is C22H18F3N3. The minimum atomic E-state index is -4.55. The number of halogens is 3. The fourth-order valence-corrected chi connectivity index (χ4v) is 3.56. The minimum absolute atomic E-state index is 0.0483. The molecule has 0 fully saturated rings. The monoisotopic (exact) mass is 381 g/mol. The molecule has 2 heterocycles. The smallest absolute Gasteiger partial charge is 0.396 e. The van der Waals surface area contributed by atoms with Crippen LogP contribution in [0.2, 0.25) is 0 Å². The Morgan fingerprint density at radius 3 is 2.04 bits per heavy atom. The van der Waals surface area contributed by atoms with E-state index in [9.17, 15) is 13.2 Å². The third kappa shape index (κ3) is 2.91. The van der Waals surface area contributed by atoms with Gasteiger partial charge in [0.25, 0.3) is 0 Å². The van der Waals surface area contributed by atoms with E-state index < -0.39 is 11.7 Å². The Labute approximate surface area is 160 Å². The average molecular weight is 381 g/mol. The zero-order valence-corrected chi connectivity index (χ0v) is 15.2. The van der Waals surface area contributed by atoms with Crippen LogP contribution in [0.5, 0.6) is 0 Å². The average Bonchev–Trinajstić information content (AvgIpc) is 2.99. The fraction of sp³-hybridized carbons (Fsp3) is 0.136. The van der Waals surface area contributed by atoms with Crippen molar-refractivity contribution in [3.63, 3.8) is 0 Å². The first-order valence-corrected chi connectivity index (χ1v) is 8.92. The van der Waals surface area contributed by atoms with E-state index in [0.29, 0.717) is 17.8 Å². The Morgan fingerprint density at radius 2 is 1.50 bits per heavy atom. The number of pyridine rings is 1. The number of rotatable bonds is 3. The molecule has 0 amide bonds. The van der Waals surface area contributed by atoms with Crippen LogP contribution in [0.15, 0.2) is 66.7 Å². The van der Waals surface area contributed by atoms with Crippen LogP contribution in [0.4, 0.5) is 18.9 Å². The molecule has 28 heavy (non-hydrogen) atoms. The lowest BCUT2D eigenvalue weighted by atomic mass is 10.0. The third-order valence-corrected chi connectivity index (χ3v) is 4.79. The van der Waals surface area contributed by atoms with Gasteiger partial charge in [-0.3, -0.25) is 0 Å². The van der Waals surface area contributed by atoms with Crippen LogP contribution >= 0.6 is 0 Å². The highest BCUT2D eigenvalue weighted by Crippen LogP contribution is 2.44. The topological polar surface area (TPSA) is 43.8 Å². The summed E-state index contributed by atoms with van der Waals surface area (Å²) in [6, 6.07) is 19.1. The van der Waals surface area contributed by atoms with E-state index in [4.69, 9.17) is 5.73 Å². The van der Waals surface area contributed by atoms with Crippen molar-refractivity contribution < 1.29 is 13.2 Å². The van der Waals surface area contributed by atoms with Gasteiger partial charge in [0.05, 0.1) is 28.0 Å². The number of nitrogen functional groups attached to an aromatic ring is 1. The van der Waals surface area contributed by atoms with Gasteiger partial charge in [0.2, 0.25) is 0 Å². The molecule has 4 rings (SSSR count). The highest BCUT2D eigenvalue weighted by molar-refractivity contribution is 6.02. The largest absolute Gasteiger partial charge is 0.417 e. The Kier molecular flexibility index (Phi) is 4.34. The minimum Gasteiger partial charge on any atom is -0.396 e. The van der Waals surface area contributed by atoms with Crippen molar-refractivity contribution in [3.8, 4) is 22.5 Å². The Hall–Kier alpha value is -3.28. The van der Waals surface area contributed by atoms with Crippen molar-refractivity contribution in [1.82, 2.24) is 9.55 Å². The summed E-state index contributed by atoms with van der Waals surface area (Å²) in [7, 11) is 0. The number of fused-ring (bicyclic) bond motifs is 1. The molecule has 0 bridgehead atoms. The van der Waals surface area contributed by atoms with Crippen molar-refractivity contribution in [1.29, 1.82) is 0 Å². The van der Waals surface area contributed by atoms with Crippen LogP contribution in [-0.4, -0.2) is 9.55 Å². The van der Waals surface area contributed by atoms with Crippen LogP contribution < -0.4 is 5.73 Å². The van der Waals surface area contributed by atoms with E-state index in [0.717, 1.165) is 11.6 Å². The number of nitrogens with two attached hydrogens (primary N) is 1. The molecular weight excluding hydrogens is 363 g/mol. The van der Waals surface area contributed by atoms with Crippen molar-refractivity contribution >= 4 is 16.7 Å². The summed E-state index contributed by atoms with van der Waals surface area (Å²) in [5.74, 6) is 0. The molecule has 0 saturated heterocycles. The highest BCUT2D eigenvalue weighted by atomic mass is 19.4. The van der Waals surface area contributed by atoms with Crippen LogP contribution in [0.1, 0.15) is 12.5 Å². The van der Waals surface area contributed by atoms with Gasteiger partial charge in [0, 0.05) is 17.7 Å². The molecule has 0 spiro atoms. The summed E-state index contributed by atoms with van der Waals surface area (Å²) in [4.78, 5) is 4.58. The van der Waals surface area contributed by atoms with E-state index >= 15 is 0 Å². The van der Waals surface area contributed by atoms with Crippen molar-refractivity contribution in [2.24, 2.45) is 0 Å². The number of alkyl halides is 3. The lowest BCUT2D eigenvalue weighted by molar-refractivity contribution is -0.136. The van der Waals surface area contributed by atoms with Gasteiger partial charge in [0.15, 0.2) is 0 Å². The zero-order valence-electron chi connectivity index (χ0n) is 15.2. The molecule has 0 aliphatic carbocycles. The van der Waals surface area contributed by atoms with Gasteiger partial charge in [-0.1, -0.05) is 60.7 Å². The van der Waals surface area contributed by atoms with Crippen LogP contribution in [-0.2, 0) is 12.7 Å². The maximum Gasteiger partial charge on any atom is 0.417 e.